The monoisotopic (exact) mass is 283 g/mol. The Morgan fingerprint density at radius 1 is 0.800 bits per heavy atom. The Hall–Kier alpha value is -2.04. The summed E-state index contributed by atoms with van der Waals surface area (Å²) in [4.78, 5) is 0. The summed E-state index contributed by atoms with van der Waals surface area (Å²) in [7, 11) is 0. The molecule has 0 fully saturated rings. The standard InChI is InChI=1S/C15H13F4N/c1-8-3-9(2)5-10(4-8)7-20-15-13(18)11(16)6-12(17)14(15)19/h3-6,20H,7H2,1-2H3. The van der Waals surface area contributed by atoms with Gasteiger partial charge in [-0.2, -0.15) is 0 Å². The molecule has 0 saturated carbocycles. The van der Waals surface area contributed by atoms with E-state index in [1.54, 1.807) is 0 Å². The van der Waals surface area contributed by atoms with Crippen molar-refractivity contribution in [2.45, 2.75) is 20.4 Å². The van der Waals surface area contributed by atoms with E-state index in [9.17, 15) is 17.6 Å². The Morgan fingerprint density at radius 2 is 1.30 bits per heavy atom. The van der Waals surface area contributed by atoms with Gasteiger partial charge in [0.2, 0.25) is 0 Å². The lowest BCUT2D eigenvalue weighted by Gasteiger charge is -2.11. The first-order valence-corrected chi connectivity index (χ1v) is 6.02. The molecule has 0 aliphatic rings. The summed E-state index contributed by atoms with van der Waals surface area (Å²) in [6, 6.07) is 5.79. The first-order chi connectivity index (χ1) is 9.38. The molecule has 0 aromatic heterocycles. The van der Waals surface area contributed by atoms with Gasteiger partial charge in [0.15, 0.2) is 23.3 Å². The van der Waals surface area contributed by atoms with Gasteiger partial charge in [-0.1, -0.05) is 29.3 Å². The second-order valence-electron chi connectivity index (χ2n) is 4.69. The number of nitrogens with one attached hydrogen (secondary N) is 1. The molecule has 20 heavy (non-hydrogen) atoms. The van der Waals surface area contributed by atoms with Gasteiger partial charge in [0.05, 0.1) is 0 Å². The molecule has 0 radical (unpaired) electrons. The largest absolute Gasteiger partial charge is 0.376 e. The van der Waals surface area contributed by atoms with Crippen molar-refractivity contribution in [2.24, 2.45) is 0 Å². The van der Waals surface area contributed by atoms with E-state index in [0.717, 1.165) is 16.7 Å². The number of aryl methyl sites for hydroxylation is 2. The highest BCUT2D eigenvalue weighted by molar-refractivity contribution is 5.48. The van der Waals surface area contributed by atoms with Crippen LogP contribution in [0.2, 0.25) is 0 Å². The van der Waals surface area contributed by atoms with Gasteiger partial charge in [-0.3, -0.25) is 0 Å². The van der Waals surface area contributed by atoms with Gasteiger partial charge in [-0.05, 0) is 19.4 Å². The molecule has 2 aromatic rings. The van der Waals surface area contributed by atoms with Crippen LogP contribution in [0.4, 0.5) is 23.2 Å². The zero-order valence-electron chi connectivity index (χ0n) is 11.0. The third kappa shape index (κ3) is 2.92. The van der Waals surface area contributed by atoms with Crippen LogP contribution in [-0.2, 0) is 6.54 Å². The number of rotatable bonds is 3. The molecule has 0 unspecified atom stereocenters. The van der Waals surface area contributed by atoms with Crippen molar-refractivity contribution in [3.63, 3.8) is 0 Å². The lowest BCUT2D eigenvalue weighted by molar-refractivity contribution is 0.458. The SMILES string of the molecule is Cc1cc(C)cc(CNc2c(F)c(F)cc(F)c2F)c1. The zero-order valence-corrected chi connectivity index (χ0v) is 11.0. The minimum absolute atomic E-state index is 0.0687. The lowest BCUT2D eigenvalue weighted by atomic mass is 10.1. The molecule has 1 N–H and O–H groups in total. The number of hydrogen-bond donors (Lipinski definition) is 1. The van der Waals surface area contributed by atoms with Gasteiger partial charge < -0.3 is 5.32 Å². The predicted octanol–water partition coefficient (Wildman–Crippen LogP) is 4.47. The van der Waals surface area contributed by atoms with E-state index in [4.69, 9.17) is 0 Å². The van der Waals surface area contributed by atoms with Gasteiger partial charge in [0.1, 0.15) is 5.69 Å². The van der Waals surface area contributed by atoms with Crippen LogP contribution in [-0.4, -0.2) is 0 Å². The lowest BCUT2D eigenvalue weighted by Crippen LogP contribution is -2.07. The minimum atomic E-state index is -1.42. The molecule has 5 heteroatoms. The molecule has 2 rings (SSSR count). The van der Waals surface area contributed by atoms with E-state index >= 15 is 0 Å². The van der Waals surface area contributed by atoms with Crippen molar-refractivity contribution >= 4 is 5.69 Å². The highest BCUT2D eigenvalue weighted by Crippen LogP contribution is 2.24. The molecule has 0 aliphatic heterocycles. The quantitative estimate of drug-likeness (QED) is 0.647. The van der Waals surface area contributed by atoms with E-state index in [1.807, 2.05) is 32.0 Å². The van der Waals surface area contributed by atoms with Crippen LogP contribution in [0, 0.1) is 37.1 Å². The second-order valence-corrected chi connectivity index (χ2v) is 4.69. The highest BCUT2D eigenvalue weighted by atomic mass is 19.2. The summed E-state index contributed by atoms with van der Waals surface area (Å²) in [5.41, 5.74) is 1.97. The Morgan fingerprint density at radius 3 is 1.80 bits per heavy atom. The minimum Gasteiger partial charge on any atom is -0.376 e. The normalized spacial score (nSPS) is 10.7. The third-order valence-corrected chi connectivity index (χ3v) is 2.86. The second kappa shape index (κ2) is 5.53. The molecule has 106 valence electrons. The van der Waals surface area contributed by atoms with Crippen molar-refractivity contribution in [2.75, 3.05) is 5.32 Å². The molecule has 1 nitrogen and oxygen atoms in total. The molecule has 0 heterocycles. The predicted molar refractivity (Wildman–Crippen MR) is 69.5 cm³/mol. The maximum atomic E-state index is 13.5. The summed E-state index contributed by atoms with van der Waals surface area (Å²) in [6.07, 6.45) is 0. The van der Waals surface area contributed by atoms with Crippen LogP contribution in [0.5, 0.6) is 0 Å². The van der Waals surface area contributed by atoms with Crippen molar-refractivity contribution in [1.82, 2.24) is 0 Å². The molecule has 0 amide bonds. The van der Waals surface area contributed by atoms with Crippen LogP contribution in [0.15, 0.2) is 24.3 Å². The molecule has 2 aromatic carbocycles. The summed E-state index contributed by atoms with van der Waals surface area (Å²) in [5.74, 6) is -5.69. The van der Waals surface area contributed by atoms with Gasteiger partial charge in [0, 0.05) is 12.6 Å². The van der Waals surface area contributed by atoms with E-state index in [1.165, 1.54) is 0 Å². The first-order valence-electron chi connectivity index (χ1n) is 6.02. The van der Waals surface area contributed by atoms with Gasteiger partial charge in [0.25, 0.3) is 0 Å². The van der Waals surface area contributed by atoms with Gasteiger partial charge >= 0.3 is 0 Å². The molecular weight excluding hydrogens is 270 g/mol. The smallest absolute Gasteiger partial charge is 0.185 e. The summed E-state index contributed by atoms with van der Waals surface area (Å²) in [5, 5.41) is 2.40. The Kier molecular flexibility index (Phi) is 3.97. The molecule has 0 aliphatic carbocycles. The number of benzene rings is 2. The average Bonchev–Trinajstić information content (AvgIpc) is 2.35. The van der Waals surface area contributed by atoms with E-state index in [0.29, 0.717) is 0 Å². The fourth-order valence-corrected chi connectivity index (χ4v) is 2.09. The molecule has 0 atom stereocenters. The van der Waals surface area contributed by atoms with E-state index < -0.39 is 29.0 Å². The summed E-state index contributed by atoms with van der Waals surface area (Å²) >= 11 is 0. The van der Waals surface area contributed by atoms with Crippen molar-refractivity contribution in [3.05, 3.63) is 64.2 Å². The van der Waals surface area contributed by atoms with Crippen LogP contribution in [0.3, 0.4) is 0 Å². The van der Waals surface area contributed by atoms with Gasteiger partial charge in [-0.25, -0.2) is 17.6 Å². The number of halogens is 4. The van der Waals surface area contributed by atoms with Gasteiger partial charge in [-0.15, -0.1) is 0 Å². The van der Waals surface area contributed by atoms with Crippen LogP contribution in [0.25, 0.3) is 0 Å². The van der Waals surface area contributed by atoms with Crippen molar-refractivity contribution < 1.29 is 17.6 Å². The molecule has 0 bridgehead atoms. The number of anilines is 1. The van der Waals surface area contributed by atoms with E-state index in [2.05, 4.69) is 5.32 Å². The third-order valence-electron chi connectivity index (χ3n) is 2.86. The Labute approximate surface area is 114 Å². The fraction of sp³-hybridized carbons (Fsp3) is 0.200. The fourth-order valence-electron chi connectivity index (χ4n) is 2.09. The summed E-state index contributed by atoms with van der Waals surface area (Å²) < 4.78 is 53.0. The average molecular weight is 283 g/mol. The Balaban J connectivity index is 2.27. The maximum absolute atomic E-state index is 13.5. The zero-order chi connectivity index (χ0) is 14.9. The first kappa shape index (κ1) is 14.4. The van der Waals surface area contributed by atoms with Crippen LogP contribution >= 0.6 is 0 Å². The summed E-state index contributed by atoms with van der Waals surface area (Å²) in [6.45, 7) is 3.85. The Bertz CT molecular complexity index is 606. The number of hydrogen-bond acceptors (Lipinski definition) is 1. The van der Waals surface area contributed by atoms with E-state index in [-0.39, 0.29) is 12.6 Å². The van der Waals surface area contributed by atoms with Crippen molar-refractivity contribution in [1.29, 1.82) is 0 Å². The topological polar surface area (TPSA) is 12.0 Å². The van der Waals surface area contributed by atoms with Crippen LogP contribution in [0.1, 0.15) is 16.7 Å². The molecule has 0 saturated heterocycles. The van der Waals surface area contributed by atoms with Crippen LogP contribution < -0.4 is 5.32 Å². The maximum Gasteiger partial charge on any atom is 0.185 e. The highest BCUT2D eigenvalue weighted by Gasteiger charge is 2.18. The molecular formula is C15H13F4N. The van der Waals surface area contributed by atoms with Crippen molar-refractivity contribution in [3.8, 4) is 0 Å². The molecule has 0 spiro atoms.